The largest absolute Gasteiger partial charge is 0.372 e. The summed E-state index contributed by atoms with van der Waals surface area (Å²) in [5.41, 5.74) is 3.94. The number of amides is 1. The Kier molecular flexibility index (Phi) is 6.62. The summed E-state index contributed by atoms with van der Waals surface area (Å²) in [6, 6.07) is 13.9. The molecule has 33 heavy (non-hydrogen) atoms. The summed E-state index contributed by atoms with van der Waals surface area (Å²) < 4.78 is 29.0. The normalized spacial score (nSPS) is 17.4. The van der Waals surface area contributed by atoms with Crippen LogP contribution < -0.4 is 15.5 Å². The molecule has 2 heterocycles. The van der Waals surface area contributed by atoms with Gasteiger partial charge in [-0.05, 0) is 57.0 Å². The third-order valence-corrected chi connectivity index (χ3v) is 6.17. The van der Waals surface area contributed by atoms with Crippen molar-refractivity contribution in [1.82, 2.24) is 9.78 Å². The molecule has 2 N–H and O–H groups in total. The van der Waals surface area contributed by atoms with Gasteiger partial charge in [0.05, 0.1) is 12.2 Å². The van der Waals surface area contributed by atoms with Crippen molar-refractivity contribution in [1.29, 1.82) is 0 Å². The standard InChI is InChI=1S/C25H29F2N5O/c1-4-31(5-2)19-12-10-18(11-13-19)29-25(33)20-15-28-32-22(23(26)27)14-21(30-24(20)32)17-8-6-16(3)7-9-17/h6-13,15,21-23,30H,4-5,14H2,1-3H3,(H,29,33). The number of halogens is 2. The maximum Gasteiger partial charge on any atom is 0.261 e. The van der Waals surface area contributed by atoms with E-state index in [1.807, 2.05) is 55.5 Å². The number of carbonyl (C=O) groups excluding carboxylic acids is 1. The second kappa shape index (κ2) is 9.60. The highest BCUT2D eigenvalue weighted by Crippen LogP contribution is 2.39. The average molecular weight is 454 g/mol. The number of nitrogens with zero attached hydrogens (tertiary/aromatic N) is 3. The van der Waals surface area contributed by atoms with Crippen LogP contribution in [0.2, 0.25) is 0 Å². The number of anilines is 3. The lowest BCUT2D eigenvalue weighted by Crippen LogP contribution is -2.31. The fourth-order valence-electron chi connectivity index (χ4n) is 4.26. The number of hydrogen-bond donors (Lipinski definition) is 2. The quantitative estimate of drug-likeness (QED) is 0.485. The predicted molar refractivity (Wildman–Crippen MR) is 127 cm³/mol. The number of aromatic nitrogens is 2. The molecule has 0 saturated heterocycles. The van der Waals surface area contributed by atoms with Crippen LogP contribution in [-0.4, -0.2) is 35.2 Å². The maximum atomic E-state index is 13.9. The molecule has 0 aliphatic carbocycles. The number of fused-ring (bicyclic) bond motifs is 1. The fraction of sp³-hybridized carbons (Fsp3) is 0.360. The van der Waals surface area contributed by atoms with Crippen LogP contribution in [0.15, 0.2) is 54.7 Å². The van der Waals surface area contributed by atoms with E-state index in [0.29, 0.717) is 11.5 Å². The van der Waals surface area contributed by atoms with Crippen molar-refractivity contribution in [2.24, 2.45) is 0 Å². The molecule has 174 valence electrons. The van der Waals surface area contributed by atoms with Gasteiger partial charge in [-0.25, -0.2) is 13.5 Å². The first-order valence-corrected chi connectivity index (χ1v) is 11.3. The van der Waals surface area contributed by atoms with E-state index >= 15 is 0 Å². The molecule has 1 amide bonds. The van der Waals surface area contributed by atoms with Crippen molar-refractivity contribution < 1.29 is 13.6 Å². The first-order chi connectivity index (χ1) is 15.9. The predicted octanol–water partition coefficient (Wildman–Crippen LogP) is 5.65. The van der Waals surface area contributed by atoms with Crippen LogP contribution in [0.3, 0.4) is 0 Å². The summed E-state index contributed by atoms with van der Waals surface area (Å²) in [6.07, 6.45) is -1.06. The highest BCUT2D eigenvalue weighted by molar-refractivity contribution is 6.07. The number of rotatable bonds is 7. The van der Waals surface area contributed by atoms with Gasteiger partial charge >= 0.3 is 0 Å². The van der Waals surface area contributed by atoms with Gasteiger partial charge in [-0.3, -0.25) is 4.79 Å². The minimum atomic E-state index is -2.60. The van der Waals surface area contributed by atoms with Crippen LogP contribution in [0.5, 0.6) is 0 Å². The molecule has 1 aliphatic rings. The van der Waals surface area contributed by atoms with Crippen LogP contribution in [0.4, 0.5) is 26.0 Å². The Hall–Kier alpha value is -3.42. The fourth-order valence-corrected chi connectivity index (χ4v) is 4.26. The number of hydrogen-bond acceptors (Lipinski definition) is 4. The summed E-state index contributed by atoms with van der Waals surface area (Å²) in [4.78, 5) is 15.2. The monoisotopic (exact) mass is 453 g/mol. The molecular formula is C25H29F2N5O. The highest BCUT2D eigenvalue weighted by atomic mass is 19.3. The molecule has 4 rings (SSSR count). The van der Waals surface area contributed by atoms with Crippen molar-refractivity contribution in [3.63, 3.8) is 0 Å². The SMILES string of the molecule is CCN(CC)c1ccc(NC(=O)c2cnn3c2NC(c2ccc(C)cc2)CC3C(F)F)cc1. The van der Waals surface area contributed by atoms with E-state index in [1.165, 1.54) is 10.9 Å². The van der Waals surface area contributed by atoms with Gasteiger partial charge in [0.1, 0.15) is 17.4 Å². The van der Waals surface area contributed by atoms with E-state index in [9.17, 15) is 13.6 Å². The van der Waals surface area contributed by atoms with Crippen LogP contribution in [0.1, 0.15) is 53.8 Å². The molecule has 8 heteroatoms. The third-order valence-electron chi connectivity index (χ3n) is 6.17. The molecule has 1 aliphatic heterocycles. The lowest BCUT2D eigenvalue weighted by Gasteiger charge is -2.32. The van der Waals surface area contributed by atoms with E-state index in [4.69, 9.17) is 0 Å². The average Bonchev–Trinajstić information content (AvgIpc) is 3.25. The van der Waals surface area contributed by atoms with Gasteiger partial charge in [0.2, 0.25) is 0 Å². The van der Waals surface area contributed by atoms with Gasteiger partial charge in [0.25, 0.3) is 12.3 Å². The molecule has 0 spiro atoms. The van der Waals surface area contributed by atoms with Gasteiger partial charge in [0.15, 0.2) is 0 Å². The Labute approximate surface area is 192 Å². The lowest BCUT2D eigenvalue weighted by molar-refractivity contribution is 0.0657. The molecule has 1 aromatic heterocycles. The smallest absolute Gasteiger partial charge is 0.261 e. The molecule has 2 aromatic carbocycles. The number of nitrogens with one attached hydrogen (secondary N) is 2. The zero-order valence-electron chi connectivity index (χ0n) is 19.1. The number of alkyl halides is 2. The Morgan fingerprint density at radius 1 is 1.15 bits per heavy atom. The van der Waals surface area contributed by atoms with Gasteiger partial charge < -0.3 is 15.5 Å². The number of aryl methyl sites for hydroxylation is 1. The first kappa shape index (κ1) is 22.8. The van der Waals surface area contributed by atoms with Gasteiger partial charge in [0, 0.05) is 24.5 Å². The highest BCUT2D eigenvalue weighted by Gasteiger charge is 2.36. The Morgan fingerprint density at radius 3 is 2.42 bits per heavy atom. The molecule has 0 fully saturated rings. The Balaban J connectivity index is 1.57. The van der Waals surface area contributed by atoms with Gasteiger partial charge in [-0.2, -0.15) is 5.10 Å². The van der Waals surface area contributed by atoms with E-state index in [0.717, 1.165) is 29.9 Å². The van der Waals surface area contributed by atoms with E-state index in [1.54, 1.807) is 0 Å². The summed E-state index contributed by atoms with van der Waals surface area (Å²) in [5.74, 6) is -0.0775. The molecule has 0 bridgehead atoms. The second-order valence-corrected chi connectivity index (χ2v) is 8.27. The van der Waals surface area contributed by atoms with E-state index in [2.05, 4.69) is 34.5 Å². The minimum Gasteiger partial charge on any atom is -0.372 e. The summed E-state index contributed by atoms with van der Waals surface area (Å²) in [5, 5.41) is 10.3. The van der Waals surface area contributed by atoms with Crippen LogP contribution in [0.25, 0.3) is 0 Å². The van der Waals surface area contributed by atoms with Crippen molar-refractivity contribution in [3.05, 3.63) is 71.4 Å². The first-order valence-electron chi connectivity index (χ1n) is 11.3. The zero-order valence-corrected chi connectivity index (χ0v) is 19.1. The molecule has 0 saturated carbocycles. The van der Waals surface area contributed by atoms with Crippen LogP contribution in [0, 0.1) is 6.92 Å². The van der Waals surface area contributed by atoms with E-state index < -0.39 is 18.4 Å². The molecule has 2 unspecified atom stereocenters. The van der Waals surface area contributed by atoms with Crippen molar-refractivity contribution in [3.8, 4) is 0 Å². The van der Waals surface area contributed by atoms with Crippen molar-refractivity contribution in [2.45, 2.75) is 45.7 Å². The lowest BCUT2D eigenvalue weighted by atomic mass is 9.96. The third kappa shape index (κ3) is 4.69. The topological polar surface area (TPSA) is 62.2 Å². The minimum absolute atomic E-state index is 0.184. The van der Waals surface area contributed by atoms with Crippen molar-refractivity contribution in [2.75, 3.05) is 28.6 Å². The Morgan fingerprint density at radius 2 is 1.82 bits per heavy atom. The number of carbonyl (C=O) groups is 1. The van der Waals surface area contributed by atoms with Gasteiger partial charge in [-0.15, -0.1) is 0 Å². The number of benzene rings is 2. The summed E-state index contributed by atoms with van der Waals surface area (Å²) in [6.45, 7) is 7.94. The molecule has 6 nitrogen and oxygen atoms in total. The molecule has 0 radical (unpaired) electrons. The van der Waals surface area contributed by atoms with Gasteiger partial charge in [-0.1, -0.05) is 29.8 Å². The zero-order chi connectivity index (χ0) is 23.5. The second-order valence-electron chi connectivity index (χ2n) is 8.27. The summed E-state index contributed by atoms with van der Waals surface area (Å²) in [7, 11) is 0. The maximum absolute atomic E-state index is 13.9. The van der Waals surface area contributed by atoms with Crippen LogP contribution >= 0.6 is 0 Å². The van der Waals surface area contributed by atoms with Crippen molar-refractivity contribution >= 4 is 23.1 Å². The Bertz CT molecular complexity index is 1090. The molecule has 3 aromatic rings. The molecule has 2 atom stereocenters. The van der Waals surface area contributed by atoms with Crippen LogP contribution in [-0.2, 0) is 0 Å². The summed E-state index contributed by atoms with van der Waals surface area (Å²) >= 11 is 0. The molecular weight excluding hydrogens is 424 g/mol. The van der Waals surface area contributed by atoms with E-state index in [-0.39, 0.29) is 18.0 Å².